The van der Waals surface area contributed by atoms with Crippen LogP contribution < -0.4 is 10.5 Å². The van der Waals surface area contributed by atoms with E-state index < -0.39 is 17.4 Å². The molecule has 2 rings (SSSR count). The first-order valence-electron chi connectivity index (χ1n) is 5.13. The Kier molecular flexibility index (Phi) is 3.54. The molecule has 2 N–H and O–H groups in total. The highest BCUT2D eigenvalue weighted by Gasteiger charge is 2.15. The van der Waals surface area contributed by atoms with Gasteiger partial charge in [0, 0.05) is 5.69 Å². The van der Waals surface area contributed by atoms with Crippen LogP contribution in [0.3, 0.4) is 0 Å². The molecule has 0 bridgehead atoms. The fourth-order valence-electron chi connectivity index (χ4n) is 1.43. The summed E-state index contributed by atoms with van der Waals surface area (Å²) in [4.78, 5) is 0. The molecule has 0 amide bonds. The Morgan fingerprint density at radius 2 is 1.79 bits per heavy atom. The van der Waals surface area contributed by atoms with Gasteiger partial charge in [-0.1, -0.05) is 11.6 Å². The molecule has 0 heterocycles. The maximum atomic E-state index is 13.6. The summed E-state index contributed by atoms with van der Waals surface area (Å²) < 4.78 is 32.3. The van der Waals surface area contributed by atoms with Gasteiger partial charge in [-0.15, -0.1) is 0 Å². The molecule has 0 aliphatic rings. The molecule has 3 nitrogen and oxygen atoms in total. The Labute approximate surface area is 112 Å². The largest absolute Gasteiger partial charge is 0.450 e. The lowest BCUT2D eigenvalue weighted by atomic mass is 10.2. The molecular weight excluding hydrogens is 274 g/mol. The van der Waals surface area contributed by atoms with Crippen LogP contribution >= 0.6 is 11.6 Å². The lowest BCUT2D eigenvalue weighted by Crippen LogP contribution is -1.95. The van der Waals surface area contributed by atoms with Crippen molar-refractivity contribution in [3.63, 3.8) is 0 Å². The Morgan fingerprint density at radius 3 is 2.32 bits per heavy atom. The molecule has 6 heteroatoms. The van der Waals surface area contributed by atoms with Crippen LogP contribution in [0.2, 0.25) is 5.02 Å². The van der Waals surface area contributed by atoms with Gasteiger partial charge in [0.05, 0.1) is 16.7 Å². The molecule has 0 aliphatic heterocycles. The number of nitrogen functional groups attached to an aromatic ring is 1. The lowest BCUT2D eigenvalue weighted by molar-refractivity contribution is 0.407. The maximum absolute atomic E-state index is 13.6. The predicted octanol–water partition coefficient (Wildman–Crippen LogP) is 3.86. The first-order valence-corrected chi connectivity index (χ1v) is 5.51. The molecule has 0 radical (unpaired) electrons. The third-order valence-electron chi connectivity index (χ3n) is 2.30. The molecular formula is C13H7ClF2N2O. The highest BCUT2D eigenvalue weighted by Crippen LogP contribution is 2.33. The van der Waals surface area contributed by atoms with Crippen molar-refractivity contribution in [1.82, 2.24) is 0 Å². The Hall–Kier alpha value is -2.32. The van der Waals surface area contributed by atoms with Crippen molar-refractivity contribution in [1.29, 1.82) is 5.26 Å². The Balaban J connectivity index is 2.41. The van der Waals surface area contributed by atoms with E-state index in [1.54, 1.807) is 6.07 Å². The molecule has 0 aliphatic carbocycles. The predicted molar refractivity (Wildman–Crippen MR) is 67.0 cm³/mol. The second-order valence-corrected chi connectivity index (χ2v) is 4.08. The van der Waals surface area contributed by atoms with Gasteiger partial charge in [0.2, 0.25) is 0 Å². The fourth-order valence-corrected chi connectivity index (χ4v) is 1.66. The second kappa shape index (κ2) is 5.12. The van der Waals surface area contributed by atoms with Crippen LogP contribution in [0.5, 0.6) is 11.5 Å². The van der Waals surface area contributed by atoms with Crippen LogP contribution in [0.4, 0.5) is 14.5 Å². The lowest BCUT2D eigenvalue weighted by Gasteiger charge is -2.10. The fraction of sp³-hybridized carbons (Fsp3) is 0. The molecule has 2 aromatic carbocycles. The number of anilines is 1. The molecule has 0 atom stereocenters. The van der Waals surface area contributed by atoms with Crippen LogP contribution in [0.25, 0.3) is 0 Å². The van der Waals surface area contributed by atoms with Gasteiger partial charge in [0.15, 0.2) is 17.4 Å². The summed E-state index contributed by atoms with van der Waals surface area (Å²) in [5, 5.41) is 8.71. The van der Waals surface area contributed by atoms with Crippen LogP contribution in [-0.2, 0) is 0 Å². The zero-order valence-electron chi connectivity index (χ0n) is 9.45. The molecule has 0 saturated heterocycles. The van der Waals surface area contributed by atoms with Gasteiger partial charge >= 0.3 is 0 Å². The van der Waals surface area contributed by atoms with E-state index in [1.807, 2.05) is 0 Å². The quantitative estimate of drug-likeness (QED) is 0.850. The summed E-state index contributed by atoms with van der Waals surface area (Å²) in [5.74, 6) is -2.52. The summed E-state index contributed by atoms with van der Waals surface area (Å²) in [6.45, 7) is 0. The van der Waals surface area contributed by atoms with Crippen molar-refractivity contribution in [2.45, 2.75) is 0 Å². The summed E-state index contributed by atoms with van der Waals surface area (Å²) in [7, 11) is 0. The average Bonchev–Trinajstić information content (AvgIpc) is 2.35. The number of nitriles is 1. The minimum Gasteiger partial charge on any atom is -0.450 e. The van der Waals surface area contributed by atoms with E-state index >= 15 is 0 Å². The number of ether oxygens (including phenoxy) is 1. The van der Waals surface area contributed by atoms with Gasteiger partial charge in [-0.2, -0.15) is 5.26 Å². The van der Waals surface area contributed by atoms with Crippen molar-refractivity contribution >= 4 is 17.3 Å². The summed E-state index contributed by atoms with van der Waals surface area (Å²) in [6, 6.07) is 7.68. The van der Waals surface area contributed by atoms with Gasteiger partial charge in [-0.3, -0.25) is 0 Å². The minimum atomic E-state index is -0.982. The molecule has 0 spiro atoms. The number of benzene rings is 2. The number of hydrogen-bond donors (Lipinski definition) is 1. The van der Waals surface area contributed by atoms with Crippen molar-refractivity contribution in [2.75, 3.05) is 5.73 Å². The highest BCUT2D eigenvalue weighted by molar-refractivity contribution is 6.32. The van der Waals surface area contributed by atoms with E-state index in [4.69, 9.17) is 27.3 Å². The molecule has 96 valence electrons. The number of hydrogen-bond acceptors (Lipinski definition) is 3. The van der Waals surface area contributed by atoms with E-state index in [0.717, 1.165) is 12.1 Å². The Morgan fingerprint density at radius 1 is 1.16 bits per heavy atom. The number of halogens is 3. The monoisotopic (exact) mass is 280 g/mol. The number of nitrogens with two attached hydrogens (primary N) is 1. The summed E-state index contributed by atoms with van der Waals surface area (Å²) in [5.41, 5.74) is 5.76. The van der Waals surface area contributed by atoms with E-state index in [1.165, 1.54) is 18.2 Å². The van der Waals surface area contributed by atoms with Crippen LogP contribution in [0, 0.1) is 23.0 Å². The topological polar surface area (TPSA) is 59.0 Å². The van der Waals surface area contributed by atoms with Gasteiger partial charge in [0.1, 0.15) is 5.75 Å². The average molecular weight is 281 g/mol. The molecule has 0 fully saturated rings. The normalized spacial score (nSPS) is 10.0. The molecule has 0 aromatic heterocycles. The smallest absolute Gasteiger partial charge is 0.198 e. The standard InChI is InChI=1S/C13H7ClF2N2O/c14-9-5-8(18)1-2-12(9)19-13-10(15)3-7(6-17)4-11(13)16/h1-5H,18H2. The summed E-state index contributed by atoms with van der Waals surface area (Å²) in [6.07, 6.45) is 0. The van der Waals surface area contributed by atoms with Crippen LogP contribution in [-0.4, -0.2) is 0 Å². The van der Waals surface area contributed by atoms with E-state index in [-0.39, 0.29) is 16.3 Å². The zero-order valence-corrected chi connectivity index (χ0v) is 10.2. The number of nitrogens with zero attached hydrogens (tertiary/aromatic N) is 1. The maximum Gasteiger partial charge on any atom is 0.198 e. The third kappa shape index (κ3) is 2.75. The SMILES string of the molecule is N#Cc1cc(F)c(Oc2ccc(N)cc2Cl)c(F)c1. The van der Waals surface area contributed by atoms with Gasteiger partial charge in [-0.05, 0) is 30.3 Å². The van der Waals surface area contributed by atoms with Crippen LogP contribution in [0.1, 0.15) is 5.56 Å². The molecule has 2 aromatic rings. The van der Waals surface area contributed by atoms with Crippen molar-refractivity contribution in [3.8, 4) is 17.6 Å². The summed E-state index contributed by atoms with van der Waals surface area (Å²) >= 11 is 5.84. The van der Waals surface area contributed by atoms with Gasteiger partial charge < -0.3 is 10.5 Å². The molecule has 0 saturated carbocycles. The Bertz CT molecular complexity index is 660. The van der Waals surface area contributed by atoms with Crippen molar-refractivity contribution in [2.24, 2.45) is 0 Å². The van der Waals surface area contributed by atoms with E-state index in [2.05, 4.69) is 0 Å². The third-order valence-corrected chi connectivity index (χ3v) is 2.59. The van der Waals surface area contributed by atoms with Crippen LogP contribution in [0.15, 0.2) is 30.3 Å². The second-order valence-electron chi connectivity index (χ2n) is 3.67. The highest BCUT2D eigenvalue weighted by atomic mass is 35.5. The van der Waals surface area contributed by atoms with Crippen molar-refractivity contribution in [3.05, 3.63) is 52.6 Å². The number of rotatable bonds is 2. The van der Waals surface area contributed by atoms with Gasteiger partial charge in [-0.25, -0.2) is 8.78 Å². The first kappa shape index (κ1) is 13.1. The molecule has 0 unspecified atom stereocenters. The first-order chi connectivity index (χ1) is 9.01. The minimum absolute atomic E-state index is 0.0679. The van der Waals surface area contributed by atoms with Gasteiger partial charge in [0.25, 0.3) is 0 Å². The zero-order chi connectivity index (χ0) is 14.0. The van der Waals surface area contributed by atoms with Crippen molar-refractivity contribution < 1.29 is 13.5 Å². The molecule has 19 heavy (non-hydrogen) atoms. The van der Waals surface area contributed by atoms with E-state index in [9.17, 15) is 8.78 Å². The van der Waals surface area contributed by atoms with E-state index in [0.29, 0.717) is 5.69 Å².